The van der Waals surface area contributed by atoms with Crippen molar-refractivity contribution in [2.45, 2.75) is 6.54 Å². The molecule has 0 bridgehead atoms. The number of methoxy groups -OCH3 is 1. The summed E-state index contributed by atoms with van der Waals surface area (Å²) in [5.41, 5.74) is 1.23. The van der Waals surface area contributed by atoms with Gasteiger partial charge in [0.2, 0.25) is 0 Å². The lowest BCUT2D eigenvalue weighted by atomic mass is 10.2. The molecule has 0 aliphatic heterocycles. The number of aromatic nitrogens is 2. The van der Waals surface area contributed by atoms with Crippen molar-refractivity contribution in [3.05, 3.63) is 48.3 Å². The monoisotopic (exact) mass is 188 g/mol. The van der Waals surface area contributed by atoms with Crippen LogP contribution in [0.2, 0.25) is 0 Å². The third-order valence-electron chi connectivity index (χ3n) is 2.03. The maximum atomic E-state index is 5.05. The molecule has 14 heavy (non-hydrogen) atoms. The van der Waals surface area contributed by atoms with Gasteiger partial charge in [-0.15, -0.1) is 0 Å². The minimum Gasteiger partial charge on any atom is -0.493 e. The van der Waals surface area contributed by atoms with E-state index in [0.29, 0.717) is 0 Å². The van der Waals surface area contributed by atoms with E-state index >= 15 is 0 Å². The Morgan fingerprint density at radius 3 is 2.71 bits per heavy atom. The van der Waals surface area contributed by atoms with Crippen molar-refractivity contribution in [1.82, 2.24) is 9.78 Å². The molecule has 72 valence electrons. The summed E-state index contributed by atoms with van der Waals surface area (Å²) in [6.07, 6.45) is 3.59. The van der Waals surface area contributed by atoms with Crippen molar-refractivity contribution < 1.29 is 4.74 Å². The van der Waals surface area contributed by atoms with Crippen LogP contribution in [0.15, 0.2) is 42.7 Å². The number of benzene rings is 1. The van der Waals surface area contributed by atoms with Gasteiger partial charge in [-0.3, -0.25) is 4.68 Å². The molecule has 0 saturated carbocycles. The van der Waals surface area contributed by atoms with Crippen LogP contribution in [0.1, 0.15) is 5.56 Å². The average molecular weight is 188 g/mol. The molecule has 3 nitrogen and oxygen atoms in total. The summed E-state index contributed by atoms with van der Waals surface area (Å²) < 4.78 is 6.90. The van der Waals surface area contributed by atoms with Crippen molar-refractivity contribution >= 4 is 0 Å². The van der Waals surface area contributed by atoms with Crippen LogP contribution in [0, 0.1) is 0 Å². The fourth-order valence-corrected chi connectivity index (χ4v) is 1.31. The standard InChI is InChI=1S/C11H12N2O/c1-14-11-7-12-13(9-11)8-10-5-3-2-4-6-10/h2-7,9H,8H2,1H3. The Kier molecular flexibility index (Phi) is 2.49. The zero-order valence-electron chi connectivity index (χ0n) is 8.05. The third-order valence-corrected chi connectivity index (χ3v) is 2.03. The van der Waals surface area contributed by atoms with Crippen LogP contribution >= 0.6 is 0 Å². The van der Waals surface area contributed by atoms with Crippen LogP contribution in [0.5, 0.6) is 5.75 Å². The van der Waals surface area contributed by atoms with Crippen LogP contribution in [0.3, 0.4) is 0 Å². The SMILES string of the molecule is COc1cnn(Cc2ccccc2)c1. The predicted molar refractivity (Wildman–Crippen MR) is 54.3 cm³/mol. The van der Waals surface area contributed by atoms with Crippen LogP contribution in [0.4, 0.5) is 0 Å². The molecule has 1 heterocycles. The van der Waals surface area contributed by atoms with Gasteiger partial charge in [0.1, 0.15) is 0 Å². The smallest absolute Gasteiger partial charge is 0.156 e. The normalized spacial score (nSPS) is 10.1. The van der Waals surface area contributed by atoms with Crippen molar-refractivity contribution in [2.24, 2.45) is 0 Å². The highest BCUT2D eigenvalue weighted by Gasteiger charge is 1.97. The Balaban J connectivity index is 2.11. The van der Waals surface area contributed by atoms with Gasteiger partial charge < -0.3 is 4.74 Å². The zero-order valence-corrected chi connectivity index (χ0v) is 8.05. The maximum Gasteiger partial charge on any atom is 0.156 e. The second-order valence-corrected chi connectivity index (χ2v) is 3.06. The van der Waals surface area contributed by atoms with Crippen LogP contribution < -0.4 is 4.74 Å². The third kappa shape index (κ3) is 1.93. The molecule has 0 radical (unpaired) electrons. The van der Waals surface area contributed by atoms with Gasteiger partial charge in [0.15, 0.2) is 5.75 Å². The molecule has 1 aromatic carbocycles. The summed E-state index contributed by atoms with van der Waals surface area (Å²) in [6.45, 7) is 0.782. The van der Waals surface area contributed by atoms with Crippen molar-refractivity contribution in [3.8, 4) is 5.75 Å². The highest BCUT2D eigenvalue weighted by molar-refractivity contribution is 5.17. The lowest BCUT2D eigenvalue weighted by molar-refractivity contribution is 0.414. The topological polar surface area (TPSA) is 27.1 Å². The molecule has 3 heteroatoms. The van der Waals surface area contributed by atoms with Gasteiger partial charge in [-0.1, -0.05) is 30.3 Å². The van der Waals surface area contributed by atoms with Crippen LogP contribution in [0.25, 0.3) is 0 Å². The summed E-state index contributed by atoms with van der Waals surface area (Å²) in [6, 6.07) is 10.2. The van der Waals surface area contributed by atoms with Crippen molar-refractivity contribution in [3.63, 3.8) is 0 Å². The van der Waals surface area contributed by atoms with E-state index in [1.807, 2.05) is 29.1 Å². The largest absolute Gasteiger partial charge is 0.493 e. The lowest BCUT2D eigenvalue weighted by Crippen LogP contribution is -1.99. The molecule has 2 aromatic rings. The van der Waals surface area contributed by atoms with E-state index in [-0.39, 0.29) is 0 Å². The second kappa shape index (κ2) is 3.96. The molecule has 2 rings (SSSR count). The molecule has 0 saturated heterocycles. The first-order chi connectivity index (χ1) is 6.88. The summed E-state index contributed by atoms with van der Waals surface area (Å²) in [5, 5.41) is 4.17. The van der Waals surface area contributed by atoms with Crippen molar-refractivity contribution in [2.75, 3.05) is 7.11 Å². The average Bonchev–Trinajstić information content (AvgIpc) is 2.67. The molecule has 0 spiro atoms. The van der Waals surface area contributed by atoms with Gasteiger partial charge in [0.25, 0.3) is 0 Å². The van der Waals surface area contributed by atoms with E-state index in [1.54, 1.807) is 13.3 Å². The molecule has 0 N–H and O–H groups in total. The van der Waals surface area contributed by atoms with E-state index in [4.69, 9.17) is 4.74 Å². The Morgan fingerprint density at radius 2 is 2.07 bits per heavy atom. The minimum absolute atomic E-state index is 0.782. The van der Waals surface area contributed by atoms with Gasteiger partial charge in [-0.05, 0) is 5.56 Å². The highest BCUT2D eigenvalue weighted by Crippen LogP contribution is 2.08. The maximum absolute atomic E-state index is 5.05. The summed E-state index contributed by atoms with van der Waals surface area (Å²) >= 11 is 0. The number of ether oxygens (including phenoxy) is 1. The van der Waals surface area contributed by atoms with E-state index < -0.39 is 0 Å². The fraction of sp³-hybridized carbons (Fsp3) is 0.182. The molecule has 1 aromatic heterocycles. The van der Waals surface area contributed by atoms with Crippen LogP contribution in [-0.2, 0) is 6.54 Å². The molecule has 0 amide bonds. The number of hydrogen-bond donors (Lipinski definition) is 0. The van der Waals surface area contributed by atoms with E-state index in [0.717, 1.165) is 12.3 Å². The quantitative estimate of drug-likeness (QED) is 0.736. The number of rotatable bonds is 3. The van der Waals surface area contributed by atoms with E-state index in [1.165, 1.54) is 5.56 Å². The fourth-order valence-electron chi connectivity index (χ4n) is 1.31. The first-order valence-corrected chi connectivity index (χ1v) is 4.49. The molecule has 0 atom stereocenters. The van der Waals surface area contributed by atoms with Gasteiger partial charge in [0, 0.05) is 0 Å². The highest BCUT2D eigenvalue weighted by atomic mass is 16.5. The molecule has 0 fully saturated rings. The predicted octanol–water partition coefficient (Wildman–Crippen LogP) is 1.94. The Bertz CT molecular complexity index is 395. The molecular formula is C11H12N2O. The summed E-state index contributed by atoms with van der Waals surface area (Å²) in [4.78, 5) is 0. The van der Waals surface area contributed by atoms with E-state index in [9.17, 15) is 0 Å². The minimum atomic E-state index is 0.782. The van der Waals surface area contributed by atoms with Gasteiger partial charge in [0.05, 0.1) is 26.0 Å². The van der Waals surface area contributed by atoms with Gasteiger partial charge >= 0.3 is 0 Å². The Labute approximate surface area is 82.9 Å². The summed E-state index contributed by atoms with van der Waals surface area (Å²) in [7, 11) is 1.64. The summed E-state index contributed by atoms with van der Waals surface area (Å²) in [5.74, 6) is 0.793. The molecule has 0 aliphatic rings. The lowest BCUT2D eigenvalue weighted by Gasteiger charge is -2.00. The van der Waals surface area contributed by atoms with Crippen LogP contribution in [-0.4, -0.2) is 16.9 Å². The van der Waals surface area contributed by atoms with Crippen molar-refractivity contribution in [1.29, 1.82) is 0 Å². The second-order valence-electron chi connectivity index (χ2n) is 3.06. The first-order valence-electron chi connectivity index (χ1n) is 4.49. The van der Waals surface area contributed by atoms with Gasteiger partial charge in [-0.2, -0.15) is 5.10 Å². The Hall–Kier alpha value is -1.77. The first kappa shape index (κ1) is 8.81. The molecule has 0 aliphatic carbocycles. The zero-order chi connectivity index (χ0) is 9.80. The van der Waals surface area contributed by atoms with E-state index in [2.05, 4.69) is 17.2 Å². The van der Waals surface area contributed by atoms with Gasteiger partial charge in [-0.25, -0.2) is 0 Å². The molecular weight excluding hydrogens is 176 g/mol. The number of nitrogens with zero attached hydrogens (tertiary/aromatic N) is 2. The Morgan fingerprint density at radius 1 is 1.29 bits per heavy atom. The number of hydrogen-bond acceptors (Lipinski definition) is 2. The molecule has 0 unspecified atom stereocenters.